The summed E-state index contributed by atoms with van der Waals surface area (Å²) >= 11 is 0. The van der Waals surface area contributed by atoms with Gasteiger partial charge in [0.1, 0.15) is 12.4 Å². The number of hydrogen-bond acceptors (Lipinski definition) is 6. The maximum Gasteiger partial charge on any atom is 0.331 e. The number of carbonyl (C=O) groups is 1. The summed E-state index contributed by atoms with van der Waals surface area (Å²) in [6.07, 6.45) is 26.8. The molecule has 60 heavy (non-hydrogen) atoms. The minimum absolute atomic E-state index is 0.229. The van der Waals surface area contributed by atoms with E-state index in [9.17, 15) is 9.90 Å². The van der Waals surface area contributed by atoms with E-state index >= 15 is 0 Å². The van der Waals surface area contributed by atoms with Crippen LogP contribution >= 0.6 is 0 Å². The van der Waals surface area contributed by atoms with Gasteiger partial charge in [-0.25, -0.2) is 19.8 Å². The number of fused-ring (bicyclic) bond motifs is 5. The number of H-pyrrole nitrogens is 1. The monoisotopic (exact) mass is 807 g/mol. The number of aliphatic hydroxyl groups is 1. The van der Waals surface area contributed by atoms with Crippen LogP contribution in [0.3, 0.4) is 0 Å². The molecule has 0 radical (unpaired) electrons. The average molecular weight is 807 g/mol. The molecule has 0 aromatic carbocycles. The van der Waals surface area contributed by atoms with E-state index in [0.717, 1.165) is 114 Å². The molecule has 1 aliphatic carbocycles. The molecule has 0 unspecified atom stereocenters. The van der Waals surface area contributed by atoms with Gasteiger partial charge in [0.15, 0.2) is 0 Å². The Balaban J connectivity index is 1.18. The Labute approximate surface area is 358 Å². The van der Waals surface area contributed by atoms with Crippen LogP contribution in [0.15, 0.2) is 126 Å². The lowest BCUT2D eigenvalue weighted by Crippen LogP contribution is -2.15. The molecule has 0 saturated carbocycles. The van der Waals surface area contributed by atoms with Gasteiger partial charge < -0.3 is 14.8 Å². The van der Waals surface area contributed by atoms with E-state index in [1.54, 1.807) is 6.08 Å². The van der Waals surface area contributed by atoms with E-state index < -0.39 is 5.97 Å². The Morgan fingerprint density at radius 2 is 1.48 bits per heavy atom. The maximum absolute atomic E-state index is 13.2. The minimum atomic E-state index is -0.419. The number of aromatic nitrogens is 1. The molecule has 5 heterocycles. The quantitative estimate of drug-likeness (QED) is 0.0878. The zero-order valence-corrected chi connectivity index (χ0v) is 37.6. The standard InChI is InChI=1S/C53H66N4O3/c1-12-39-35(8)43-28-45-37(10)41(23-24-50(59)60-26-25-34(7)22-16-21-33(6)20-15-19-32(5)18-14-17-31(3)4)52(56-45)42-27-49(58)51-38(11)46(57-53(42)51)30-48-40(13-2)36(9)44(55-48)29-47(39)54-43/h12-13,23-25,28-33,54,58H,1-2,14-22,26-27H2,3-11H3/b24-23+,34-25+,43-28?,47-29?,48-30?,52-42?/t32-,33-/m1/s1. The van der Waals surface area contributed by atoms with Crippen LogP contribution < -0.4 is 10.7 Å². The largest absolute Gasteiger partial charge is 0.511 e. The first-order valence-electron chi connectivity index (χ1n) is 22.2. The van der Waals surface area contributed by atoms with Gasteiger partial charge in [-0.05, 0) is 118 Å². The Kier molecular flexibility index (Phi) is 14.3. The highest BCUT2D eigenvalue weighted by Crippen LogP contribution is 2.44. The lowest BCUT2D eigenvalue weighted by Gasteiger charge is -2.15. The number of hydrogen-bond donors (Lipinski definition) is 2. The fraction of sp³-hybridized carbons (Fsp3) is 0.434. The van der Waals surface area contributed by atoms with E-state index in [0.29, 0.717) is 11.4 Å². The van der Waals surface area contributed by atoms with Gasteiger partial charge in [-0.15, -0.1) is 0 Å². The van der Waals surface area contributed by atoms with Gasteiger partial charge in [0.25, 0.3) is 0 Å². The highest BCUT2D eigenvalue weighted by Gasteiger charge is 2.37. The molecule has 0 amide bonds. The molecule has 0 spiro atoms. The number of nitrogens with one attached hydrogen (secondary N) is 1. The van der Waals surface area contributed by atoms with Crippen LogP contribution in [0.2, 0.25) is 0 Å². The van der Waals surface area contributed by atoms with Crippen molar-refractivity contribution in [3.63, 3.8) is 0 Å². The van der Waals surface area contributed by atoms with Crippen molar-refractivity contribution >= 4 is 41.3 Å². The Morgan fingerprint density at radius 3 is 2.17 bits per heavy atom. The minimum Gasteiger partial charge on any atom is -0.511 e. The third-order valence-corrected chi connectivity index (χ3v) is 12.8. The van der Waals surface area contributed by atoms with Crippen LogP contribution in [0.1, 0.15) is 131 Å². The van der Waals surface area contributed by atoms with Gasteiger partial charge in [-0.2, -0.15) is 0 Å². The molecule has 6 rings (SSSR count). The molecule has 4 aliphatic heterocycles. The summed E-state index contributed by atoms with van der Waals surface area (Å²) in [5.74, 6) is 2.20. The van der Waals surface area contributed by atoms with Crippen molar-refractivity contribution in [1.29, 1.82) is 0 Å². The second-order valence-electron chi connectivity index (χ2n) is 18.0. The summed E-state index contributed by atoms with van der Waals surface area (Å²) in [4.78, 5) is 32.1. The first-order valence-corrected chi connectivity index (χ1v) is 22.2. The van der Waals surface area contributed by atoms with Crippen molar-refractivity contribution < 1.29 is 14.6 Å². The predicted molar refractivity (Wildman–Crippen MR) is 252 cm³/mol. The van der Waals surface area contributed by atoms with Crippen LogP contribution in [0.25, 0.3) is 18.2 Å². The predicted octanol–water partition coefficient (Wildman–Crippen LogP) is 11.8. The summed E-state index contributed by atoms with van der Waals surface area (Å²) in [7, 11) is 0. The number of allylic oxidation sites excluding steroid dienone is 9. The fourth-order valence-electron chi connectivity index (χ4n) is 8.93. The highest BCUT2D eigenvalue weighted by molar-refractivity contribution is 6.26. The second kappa shape index (κ2) is 19.4. The van der Waals surface area contributed by atoms with Crippen molar-refractivity contribution in [3.8, 4) is 0 Å². The molecule has 0 saturated heterocycles. The molecule has 2 atom stereocenters. The number of rotatable bonds is 18. The SMILES string of the molecule is C=CC1=C(C)C2=NC1=CC1=C(C)C3=C(O)CC(=C4N=C(C=c5[nH]c(c(C=C)c5C)=C2)C(C)=C4/C=C/C(=O)OC/C=C(\C)CCC[C@H](C)CCC[C@H](C)CCCC(C)C)C3=N1. The molecule has 316 valence electrons. The molecule has 2 N–H and O–H groups in total. The Morgan fingerprint density at radius 1 is 0.833 bits per heavy atom. The zero-order chi connectivity index (χ0) is 43.2. The van der Waals surface area contributed by atoms with Crippen LogP contribution in [-0.2, 0) is 9.53 Å². The third-order valence-electron chi connectivity index (χ3n) is 12.8. The normalized spacial score (nSPS) is 18.7. The Hall–Kier alpha value is -5.30. The van der Waals surface area contributed by atoms with Crippen molar-refractivity contribution in [3.05, 3.63) is 133 Å². The van der Waals surface area contributed by atoms with Gasteiger partial charge in [0.2, 0.25) is 0 Å². The second-order valence-corrected chi connectivity index (χ2v) is 18.0. The number of aliphatic hydroxyl groups excluding tert-OH is 1. The Bertz CT molecular complexity index is 2440. The first-order chi connectivity index (χ1) is 28.7. The van der Waals surface area contributed by atoms with Crippen molar-refractivity contribution in [2.75, 3.05) is 6.61 Å². The van der Waals surface area contributed by atoms with Gasteiger partial charge in [0.05, 0.1) is 34.2 Å². The maximum atomic E-state index is 13.2. The van der Waals surface area contributed by atoms with Gasteiger partial charge >= 0.3 is 5.97 Å². The molecule has 5 aliphatic rings. The van der Waals surface area contributed by atoms with E-state index in [1.165, 1.54) is 56.6 Å². The molecule has 0 fully saturated rings. The van der Waals surface area contributed by atoms with E-state index in [-0.39, 0.29) is 18.8 Å². The summed E-state index contributed by atoms with van der Waals surface area (Å²) in [6.45, 7) is 28.1. The molecule has 7 heteroatoms. The van der Waals surface area contributed by atoms with Crippen LogP contribution in [-0.4, -0.2) is 39.8 Å². The number of aromatic amines is 1. The molecule has 7 nitrogen and oxygen atoms in total. The van der Waals surface area contributed by atoms with Crippen molar-refractivity contribution in [2.24, 2.45) is 32.7 Å². The summed E-state index contributed by atoms with van der Waals surface area (Å²) in [5.41, 5.74) is 13.8. The van der Waals surface area contributed by atoms with E-state index in [4.69, 9.17) is 19.7 Å². The average Bonchev–Trinajstić information content (AvgIpc) is 3.95. The molecular formula is C53H66N4O3. The number of aliphatic imine (C=N–C) groups is 3. The van der Waals surface area contributed by atoms with Crippen molar-refractivity contribution in [1.82, 2.24) is 4.98 Å². The zero-order valence-electron chi connectivity index (χ0n) is 37.6. The summed E-state index contributed by atoms with van der Waals surface area (Å²) in [5, 5.41) is 13.2. The van der Waals surface area contributed by atoms with Crippen LogP contribution in [0.5, 0.6) is 0 Å². The van der Waals surface area contributed by atoms with Gasteiger partial charge in [0, 0.05) is 51.1 Å². The molecule has 1 aromatic heterocycles. The van der Waals surface area contributed by atoms with Crippen LogP contribution in [0, 0.1) is 24.7 Å². The highest BCUT2D eigenvalue weighted by atomic mass is 16.5. The molecular weight excluding hydrogens is 741 g/mol. The van der Waals surface area contributed by atoms with Gasteiger partial charge in [-0.1, -0.05) is 104 Å². The smallest absolute Gasteiger partial charge is 0.331 e. The topological polar surface area (TPSA) is 99.4 Å². The van der Waals surface area contributed by atoms with E-state index in [1.807, 2.05) is 44.2 Å². The van der Waals surface area contributed by atoms with Crippen molar-refractivity contribution in [2.45, 2.75) is 127 Å². The summed E-state index contributed by atoms with van der Waals surface area (Å²) in [6, 6.07) is 0. The lowest BCUT2D eigenvalue weighted by molar-refractivity contribution is -0.136. The number of nitrogens with zero attached hydrogens (tertiary/aromatic N) is 3. The number of esters is 1. The summed E-state index contributed by atoms with van der Waals surface area (Å²) < 4.78 is 5.68. The number of carbonyl (C=O) groups excluding carboxylic acids is 1. The number of ether oxygens (including phenoxy) is 1. The molecule has 8 bridgehead atoms. The fourth-order valence-corrected chi connectivity index (χ4v) is 8.93. The van der Waals surface area contributed by atoms with Crippen LogP contribution in [0.4, 0.5) is 0 Å². The molecule has 1 aromatic rings. The first kappa shape index (κ1) is 44.3. The third kappa shape index (κ3) is 9.83. The van der Waals surface area contributed by atoms with E-state index in [2.05, 4.69) is 72.7 Å². The lowest BCUT2D eigenvalue weighted by atomic mass is 9.91. The van der Waals surface area contributed by atoms with Gasteiger partial charge in [-0.3, -0.25) is 0 Å².